The lowest BCUT2D eigenvalue weighted by atomic mass is 10.1. The highest BCUT2D eigenvalue weighted by atomic mass is 35.5. The molecule has 4 heteroatoms. The van der Waals surface area contributed by atoms with Crippen molar-refractivity contribution in [3.63, 3.8) is 0 Å². The summed E-state index contributed by atoms with van der Waals surface area (Å²) in [6, 6.07) is 11.5. The molecule has 0 aliphatic carbocycles. The van der Waals surface area contributed by atoms with E-state index in [0.717, 1.165) is 28.0 Å². The third kappa shape index (κ3) is 4.49. The Morgan fingerprint density at radius 2 is 1.91 bits per heavy atom. The van der Waals surface area contributed by atoms with E-state index in [1.807, 2.05) is 51.1 Å². The summed E-state index contributed by atoms with van der Waals surface area (Å²) in [6.45, 7) is 8.19. The molecule has 0 heterocycles. The maximum Gasteiger partial charge on any atom is 0.261 e. The van der Waals surface area contributed by atoms with E-state index in [1.54, 1.807) is 6.92 Å². The fourth-order valence-corrected chi connectivity index (χ4v) is 2.54. The second kappa shape index (κ2) is 7.51. The van der Waals surface area contributed by atoms with Crippen molar-refractivity contribution in [1.29, 1.82) is 0 Å². The minimum absolute atomic E-state index is 0.163. The monoisotopic (exact) mass is 331 g/mol. The van der Waals surface area contributed by atoms with E-state index >= 15 is 0 Å². The van der Waals surface area contributed by atoms with E-state index in [4.69, 9.17) is 16.3 Å². The fourth-order valence-electron chi connectivity index (χ4n) is 2.33. The lowest BCUT2D eigenvalue weighted by Gasteiger charge is -2.18. The van der Waals surface area contributed by atoms with Crippen LogP contribution in [0, 0.1) is 20.8 Å². The Morgan fingerprint density at radius 1 is 1.22 bits per heavy atom. The third-order valence-corrected chi connectivity index (χ3v) is 4.22. The first kappa shape index (κ1) is 17.4. The SMILES string of the molecule is Cc1cc(C)c(C)c(OC(C)C(=O)NCc2ccccc2Cl)c1. The molecular formula is C19H22ClNO2. The molecule has 2 aromatic carbocycles. The molecule has 0 aromatic heterocycles. The van der Waals surface area contributed by atoms with Gasteiger partial charge in [-0.2, -0.15) is 0 Å². The van der Waals surface area contributed by atoms with Crippen molar-refractivity contribution in [3.05, 3.63) is 63.7 Å². The minimum atomic E-state index is -0.572. The zero-order valence-corrected chi connectivity index (χ0v) is 14.7. The zero-order valence-electron chi connectivity index (χ0n) is 13.9. The molecule has 1 N–H and O–H groups in total. The van der Waals surface area contributed by atoms with Crippen molar-refractivity contribution in [3.8, 4) is 5.75 Å². The van der Waals surface area contributed by atoms with E-state index < -0.39 is 6.10 Å². The molecule has 0 radical (unpaired) electrons. The van der Waals surface area contributed by atoms with Gasteiger partial charge in [0.25, 0.3) is 5.91 Å². The molecule has 2 aromatic rings. The van der Waals surface area contributed by atoms with Crippen molar-refractivity contribution in [2.45, 2.75) is 40.3 Å². The summed E-state index contributed by atoms with van der Waals surface area (Å²) in [5.74, 6) is 0.589. The van der Waals surface area contributed by atoms with Gasteiger partial charge in [-0.3, -0.25) is 4.79 Å². The van der Waals surface area contributed by atoms with Gasteiger partial charge < -0.3 is 10.1 Å². The highest BCUT2D eigenvalue weighted by Gasteiger charge is 2.16. The van der Waals surface area contributed by atoms with E-state index in [9.17, 15) is 4.79 Å². The Kier molecular flexibility index (Phi) is 5.67. The van der Waals surface area contributed by atoms with E-state index in [0.29, 0.717) is 11.6 Å². The van der Waals surface area contributed by atoms with Crippen molar-refractivity contribution in [2.24, 2.45) is 0 Å². The molecule has 0 aliphatic rings. The number of aryl methyl sites for hydroxylation is 2. The normalized spacial score (nSPS) is 11.9. The van der Waals surface area contributed by atoms with Crippen molar-refractivity contribution in [2.75, 3.05) is 0 Å². The second-order valence-corrected chi connectivity index (χ2v) is 6.18. The van der Waals surface area contributed by atoms with Gasteiger partial charge in [0.1, 0.15) is 5.75 Å². The fraction of sp³-hybridized carbons (Fsp3) is 0.316. The average molecular weight is 332 g/mol. The van der Waals surface area contributed by atoms with Crippen LogP contribution in [0.3, 0.4) is 0 Å². The number of benzene rings is 2. The van der Waals surface area contributed by atoms with Crippen LogP contribution in [0.15, 0.2) is 36.4 Å². The van der Waals surface area contributed by atoms with Crippen molar-refractivity contribution < 1.29 is 9.53 Å². The number of carbonyl (C=O) groups excluding carboxylic acids is 1. The number of carbonyl (C=O) groups is 1. The van der Waals surface area contributed by atoms with E-state index in [2.05, 4.69) is 11.4 Å². The summed E-state index contributed by atoms with van der Waals surface area (Å²) in [5, 5.41) is 3.51. The van der Waals surface area contributed by atoms with Crippen molar-refractivity contribution in [1.82, 2.24) is 5.32 Å². The molecule has 0 saturated heterocycles. The molecule has 23 heavy (non-hydrogen) atoms. The van der Waals surface area contributed by atoms with Gasteiger partial charge in [-0.15, -0.1) is 0 Å². The van der Waals surface area contributed by atoms with Crippen LogP contribution in [0.25, 0.3) is 0 Å². The van der Waals surface area contributed by atoms with Crippen LogP contribution in [0.5, 0.6) is 5.75 Å². The van der Waals surface area contributed by atoms with Gasteiger partial charge in [-0.05, 0) is 62.1 Å². The Balaban J connectivity index is 1.99. The maximum absolute atomic E-state index is 12.2. The van der Waals surface area contributed by atoms with Gasteiger partial charge >= 0.3 is 0 Å². The molecule has 1 amide bonds. The van der Waals surface area contributed by atoms with Gasteiger partial charge in [-0.25, -0.2) is 0 Å². The highest BCUT2D eigenvalue weighted by Crippen LogP contribution is 2.24. The predicted molar refractivity (Wildman–Crippen MR) is 94.0 cm³/mol. The average Bonchev–Trinajstić information content (AvgIpc) is 2.51. The molecule has 0 aliphatic heterocycles. The summed E-state index contributed by atoms with van der Waals surface area (Å²) in [6.07, 6.45) is -0.572. The molecule has 1 atom stereocenters. The highest BCUT2D eigenvalue weighted by molar-refractivity contribution is 6.31. The Morgan fingerprint density at radius 3 is 2.61 bits per heavy atom. The zero-order chi connectivity index (χ0) is 17.0. The summed E-state index contributed by atoms with van der Waals surface area (Å²) in [7, 11) is 0. The Bertz CT molecular complexity index is 713. The van der Waals surface area contributed by atoms with E-state index in [-0.39, 0.29) is 5.91 Å². The van der Waals surface area contributed by atoms with Crippen LogP contribution in [0.4, 0.5) is 0 Å². The quantitative estimate of drug-likeness (QED) is 0.884. The minimum Gasteiger partial charge on any atom is -0.481 e. The molecule has 122 valence electrons. The molecule has 0 fully saturated rings. The Labute approximate surface area is 142 Å². The number of nitrogens with one attached hydrogen (secondary N) is 1. The molecule has 0 spiro atoms. The first-order chi connectivity index (χ1) is 10.9. The first-order valence-corrected chi connectivity index (χ1v) is 8.02. The van der Waals surface area contributed by atoms with Crippen LogP contribution in [-0.4, -0.2) is 12.0 Å². The summed E-state index contributed by atoms with van der Waals surface area (Å²) >= 11 is 6.09. The van der Waals surface area contributed by atoms with Crippen molar-refractivity contribution >= 4 is 17.5 Å². The summed E-state index contributed by atoms with van der Waals surface area (Å²) in [5.41, 5.74) is 4.22. The van der Waals surface area contributed by atoms with Crippen LogP contribution >= 0.6 is 11.6 Å². The summed E-state index contributed by atoms with van der Waals surface area (Å²) in [4.78, 5) is 12.2. The van der Waals surface area contributed by atoms with Gasteiger partial charge in [0.05, 0.1) is 0 Å². The standard InChI is InChI=1S/C19H22ClNO2/c1-12-9-13(2)14(3)18(10-12)23-15(4)19(22)21-11-16-7-5-6-8-17(16)20/h5-10,15H,11H2,1-4H3,(H,21,22). The molecule has 1 unspecified atom stereocenters. The van der Waals surface area contributed by atoms with Crippen LogP contribution < -0.4 is 10.1 Å². The van der Waals surface area contributed by atoms with Gasteiger partial charge in [0.15, 0.2) is 6.10 Å². The predicted octanol–water partition coefficient (Wildman–Crippen LogP) is 4.35. The molecular weight excluding hydrogens is 310 g/mol. The number of hydrogen-bond donors (Lipinski definition) is 1. The van der Waals surface area contributed by atoms with E-state index in [1.165, 1.54) is 0 Å². The number of ether oxygens (including phenoxy) is 1. The summed E-state index contributed by atoms with van der Waals surface area (Å²) < 4.78 is 5.84. The van der Waals surface area contributed by atoms with Gasteiger partial charge in [-0.1, -0.05) is 35.9 Å². The third-order valence-electron chi connectivity index (χ3n) is 3.85. The molecule has 0 bridgehead atoms. The topological polar surface area (TPSA) is 38.3 Å². The number of amides is 1. The second-order valence-electron chi connectivity index (χ2n) is 5.77. The molecule has 2 rings (SSSR count). The number of halogens is 1. The Hall–Kier alpha value is -2.00. The lowest BCUT2D eigenvalue weighted by Crippen LogP contribution is -2.36. The van der Waals surface area contributed by atoms with Crippen LogP contribution in [0.1, 0.15) is 29.2 Å². The smallest absolute Gasteiger partial charge is 0.261 e. The number of rotatable bonds is 5. The largest absolute Gasteiger partial charge is 0.481 e. The first-order valence-electron chi connectivity index (χ1n) is 7.64. The van der Waals surface area contributed by atoms with Crippen LogP contribution in [0.2, 0.25) is 5.02 Å². The molecule has 3 nitrogen and oxygen atoms in total. The molecule has 0 saturated carbocycles. The van der Waals surface area contributed by atoms with Gasteiger partial charge in [0, 0.05) is 11.6 Å². The maximum atomic E-state index is 12.2. The lowest BCUT2D eigenvalue weighted by molar-refractivity contribution is -0.127. The van der Waals surface area contributed by atoms with Crippen LogP contribution in [-0.2, 0) is 11.3 Å². The number of hydrogen-bond acceptors (Lipinski definition) is 2. The van der Waals surface area contributed by atoms with Gasteiger partial charge in [0.2, 0.25) is 0 Å².